The lowest BCUT2D eigenvalue weighted by Crippen LogP contribution is -2.30. The van der Waals surface area contributed by atoms with Gasteiger partial charge in [-0.3, -0.25) is 9.69 Å². The van der Waals surface area contributed by atoms with Gasteiger partial charge in [-0.05, 0) is 29.8 Å². The van der Waals surface area contributed by atoms with E-state index in [1.165, 1.54) is 18.2 Å². The number of hydrogen-bond donors (Lipinski definition) is 1. The van der Waals surface area contributed by atoms with Gasteiger partial charge in [0.15, 0.2) is 11.5 Å². The van der Waals surface area contributed by atoms with Gasteiger partial charge in [0.1, 0.15) is 11.5 Å². The van der Waals surface area contributed by atoms with Crippen molar-refractivity contribution >= 4 is 33.9 Å². The number of carbonyl (C=O) groups excluding carboxylic acids is 2. The van der Waals surface area contributed by atoms with Crippen molar-refractivity contribution in [3.63, 3.8) is 0 Å². The molecule has 1 fully saturated rings. The third kappa shape index (κ3) is 2.92. The predicted octanol–water partition coefficient (Wildman–Crippen LogP) is 3.41. The Labute approximate surface area is 156 Å². The van der Waals surface area contributed by atoms with Crippen LogP contribution < -0.4 is 14.8 Å². The molecule has 1 saturated heterocycles. The Balaban J connectivity index is 1.61. The number of fused-ring (bicyclic) bond motifs is 1. The first-order chi connectivity index (χ1) is 12.5. The highest BCUT2D eigenvalue weighted by molar-refractivity contribution is 9.10. The molecule has 2 aliphatic heterocycles. The summed E-state index contributed by atoms with van der Waals surface area (Å²) in [4.78, 5) is 25.7. The molecule has 0 radical (unpaired) electrons. The van der Waals surface area contributed by atoms with Crippen molar-refractivity contribution in [3.05, 3.63) is 63.5 Å². The molecule has 0 unspecified atom stereocenters. The van der Waals surface area contributed by atoms with Crippen LogP contribution in [-0.2, 0) is 11.3 Å². The van der Waals surface area contributed by atoms with Gasteiger partial charge in [0.05, 0.1) is 6.54 Å². The minimum Gasteiger partial charge on any atom is -0.454 e. The van der Waals surface area contributed by atoms with E-state index in [9.17, 15) is 14.0 Å². The number of imide groups is 1. The summed E-state index contributed by atoms with van der Waals surface area (Å²) in [6, 6.07) is 8.86. The number of halogens is 2. The molecule has 0 aliphatic carbocycles. The molecular weight excluding hydrogens is 407 g/mol. The topological polar surface area (TPSA) is 67.9 Å². The number of amides is 3. The molecule has 6 nitrogen and oxygen atoms in total. The van der Waals surface area contributed by atoms with Crippen LogP contribution in [0.3, 0.4) is 0 Å². The Morgan fingerprint density at radius 1 is 1.19 bits per heavy atom. The van der Waals surface area contributed by atoms with Crippen LogP contribution in [0.15, 0.2) is 46.6 Å². The predicted molar refractivity (Wildman–Crippen MR) is 93.7 cm³/mol. The molecule has 2 heterocycles. The number of nitrogens with one attached hydrogen (secondary N) is 1. The van der Waals surface area contributed by atoms with Gasteiger partial charge >= 0.3 is 6.03 Å². The van der Waals surface area contributed by atoms with E-state index >= 15 is 0 Å². The fourth-order valence-electron chi connectivity index (χ4n) is 2.71. The molecule has 2 aliphatic rings. The maximum absolute atomic E-state index is 13.8. The SMILES string of the molecule is O=C1NC(=Cc2cc3c(cc2Br)OCO3)C(=O)N1Cc1ccccc1F. The summed E-state index contributed by atoms with van der Waals surface area (Å²) < 4.78 is 25.1. The summed E-state index contributed by atoms with van der Waals surface area (Å²) in [6.45, 7) is -0.00906. The molecule has 0 bridgehead atoms. The van der Waals surface area contributed by atoms with E-state index in [1.54, 1.807) is 24.3 Å². The molecule has 1 N–H and O–H groups in total. The van der Waals surface area contributed by atoms with Gasteiger partial charge in [0, 0.05) is 10.0 Å². The third-order valence-corrected chi connectivity index (χ3v) is 4.73. The molecule has 8 heteroatoms. The van der Waals surface area contributed by atoms with E-state index < -0.39 is 17.8 Å². The van der Waals surface area contributed by atoms with Crippen LogP contribution in [0.4, 0.5) is 9.18 Å². The highest BCUT2D eigenvalue weighted by Gasteiger charge is 2.34. The molecule has 4 rings (SSSR count). The Morgan fingerprint density at radius 3 is 2.69 bits per heavy atom. The van der Waals surface area contributed by atoms with Gasteiger partial charge in [0.2, 0.25) is 6.79 Å². The number of hydrogen-bond acceptors (Lipinski definition) is 4. The van der Waals surface area contributed by atoms with Crippen LogP contribution in [0.25, 0.3) is 6.08 Å². The number of nitrogens with zero attached hydrogens (tertiary/aromatic N) is 1. The van der Waals surface area contributed by atoms with Crippen molar-refractivity contribution in [2.75, 3.05) is 6.79 Å². The van der Waals surface area contributed by atoms with Crippen LogP contribution in [-0.4, -0.2) is 23.6 Å². The molecule has 132 valence electrons. The summed E-state index contributed by atoms with van der Waals surface area (Å²) in [6.07, 6.45) is 1.54. The third-order valence-electron chi connectivity index (χ3n) is 4.04. The lowest BCUT2D eigenvalue weighted by molar-refractivity contribution is -0.123. The molecule has 2 aromatic carbocycles. The van der Waals surface area contributed by atoms with E-state index in [0.717, 1.165) is 4.90 Å². The first kappa shape index (κ1) is 16.6. The van der Waals surface area contributed by atoms with E-state index in [1.807, 2.05) is 0 Å². The van der Waals surface area contributed by atoms with E-state index in [0.29, 0.717) is 21.5 Å². The molecule has 0 atom stereocenters. The standard InChI is InChI=1S/C18H12BrFN2O4/c19-12-7-16-15(25-9-26-16)6-11(12)5-14-17(23)22(18(24)21-14)8-10-3-1-2-4-13(10)20/h1-7H,8-9H2,(H,21,24). The summed E-state index contributed by atoms with van der Waals surface area (Å²) >= 11 is 3.40. The molecule has 0 aromatic heterocycles. The first-order valence-electron chi connectivity index (χ1n) is 7.70. The molecule has 2 aromatic rings. The van der Waals surface area contributed by atoms with Gasteiger partial charge < -0.3 is 14.8 Å². The average molecular weight is 419 g/mol. The fourth-order valence-corrected chi connectivity index (χ4v) is 3.15. The average Bonchev–Trinajstić information content (AvgIpc) is 3.16. The minimum atomic E-state index is -0.596. The number of ether oxygens (including phenoxy) is 2. The van der Waals surface area contributed by atoms with Crippen LogP contribution >= 0.6 is 15.9 Å². The second-order valence-corrected chi connectivity index (χ2v) is 6.55. The number of rotatable bonds is 3. The van der Waals surface area contributed by atoms with Crippen LogP contribution in [0.1, 0.15) is 11.1 Å². The quantitative estimate of drug-likeness (QED) is 0.612. The zero-order valence-corrected chi connectivity index (χ0v) is 14.9. The van der Waals surface area contributed by atoms with E-state index in [2.05, 4.69) is 21.2 Å². The normalized spacial score (nSPS) is 17.2. The Kier molecular flexibility index (Phi) is 4.12. The van der Waals surface area contributed by atoms with Gasteiger partial charge in [-0.25, -0.2) is 9.18 Å². The zero-order valence-electron chi connectivity index (χ0n) is 13.3. The number of benzene rings is 2. The van der Waals surface area contributed by atoms with Gasteiger partial charge in [-0.1, -0.05) is 34.1 Å². The first-order valence-corrected chi connectivity index (χ1v) is 8.49. The van der Waals surface area contributed by atoms with Crippen molar-refractivity contribution in [2.24, 2.45) is 0 Å². The summed E-state index contributed by atoms with van der Waals surface area (Å²) in [7, 11) is 0. The smallest absolute Gasteiger partial charge is 0.329 e. The second kappa shape index (κ2) is 6.45. The highest BCUT2D eigenvalue weighted by Crippen LogP contribution is 2.37. The van der Waals surface area contributed by atoms with Crippen molar-refractivity contribution in [1.29, 1.82) is 0 Å². The van der Waals surface area contributed by atoms with Crippen molar-refractivity contribution < 1.29 is 23.5 Å². The van der Waals surface area contributed by atoms with Gasteiger partial charge in [-0.2, -0.15) is 0 Å². The summed E-state index contributed by atoms with van der Waals surface area (Å²) in [5, 5.41) is 2.52. The molecule has 0 spiro atoms. The summed E-state index contributed by atoms with van der Waals surface area (Å²) in [5.41, 5.74) is 1.01. The maximum Gasteiger partial charge on any atom is 0.329 e. The molecule has 0 saturated carbocycles. The molecule has 3 amide bonds. The molecule has 26 heavy (non-hydrogen) atoms. The largest absolute Gasteiger partial charge is 0.454 e. The van der Waals surface area contributed by atoms with E-state index in [-0.39, 0.29) is 24.6 Å². The highest BCUT2D eigenvalue weighted by atomic mass is 79.9. The van der Waals surface area contributed by atoms with Crippen LogP contribution in [0, 0.1) is 5.82 Å². The fraction of sp³-hybridized carbons (Fsp3) is 0.111. The van der Waals surface area contributed by atoms with Crippen molar-refractivity contribution in [1.82, 2.24) is 10.2 Å². The van der Waals surface area contributed by atoms with E-state index in [4.69, 9.17) is 9.47 Å². The van der Waals surface area contributed by atoms with Crippen molar-refractivity contribution in [2.45, 2.75) is 6.54 Å². The zero-order chi connectivity index (χ0) is 18.3. The minimum absolute atomic E-state index is 0.103. The van der Waals surface area contributed by atoms with Crippen molar-refractivity contribution in [3.8, 4) is 11.5 Å². The van der Waals surface area contributed by atoms with Gasteiger partial charge in [0.25, 0.3) is 5.91 Å². The van der Waals surface area contributed by atoms with Crippen LogP contribution in [0.5, 0.6) is 11.5 Å². The number of urea groups is 1. The lowest BCUT2D eigenvalue weighted by Gasteiger charge is -2.12. The second-order valence-electron chi connectivity index (χ2n) is 5.70. The maximum atomic E-state index is 13.8. The van der Waals surface area contributed by atoms with Crippen LogP contribution in [0.2, 0.25) is 0 Å². The summed E-state index contributed by atoms with van der Waals surface area (Å²) in [5.74, 6) is 0.161. The number of carbonyl (C=O) groups is 2. The van der Waals surface area contributed by atoms with Gasteiger partial charge in [-0.15, -0.1) is 0 Å². The monoisotopic (exact) mass is 418 g/mol. The lowest BCUT2D eigenvalue weighted by atomic mass is 10.1. The Morgan fingerprint density at radius 2 is 1.92 bits per heavy atom. The Hall–Kier alpha value is -2.87. The molecular formula is C18H12BrFN2O4. The Bertz CT molecular complexity index is 960.